The number of hydrogen-bond donors (Lipinski definition) is 1. The second kappa shape index (κ2) is 4.55. The number of nitrogens with zero attached hydrogens (tertiary/aromatic N) is 2. The van der Waals surface area contributed by atoms with Crippen LogP contribution in [-0.4, -0.2) is 16.7 Å². The minimum atomic E-state index is 0.503. The van der Waals surface area contributed by atoms with Crippen LogP contribution in [0.5, 0.6) is 0 Å². The molecular weight excluding hydrogens is 178 g/mol. The highest BCUT2D eigenvalue weighted by atomic mass is 16.5. The summed E-state index contributed by atoms with van der Waals surface area (Å²) in [6.07, 6.45) is 7.05. The van der Waals surface area contributed by atoms with Gasteiger partial charge in [-0.25, -0.2) is 0 Å². The van der Waals surface area contributed by atoms with Crippen LogP contribution in [-0.2, 0) is 6.42 Å². The fourth-order valence-corrected chi connectivity index (χ4v) is 2.01. The molecule has 0 unspecified atom stereocenters. The zero-order valence-corrected chi connectivity index (χ0v) is 8.41. The van der Waals surface area contributed by atoms with Crippen molar-refractivity contribution in [1.29, 1.82) is 0 Å². The lowest BCUT2D eigenvalue weighted by molar-refractivity contribution is 0.312. The fourth-order valence-electron chi connectivity index (χ4n) is 2.01. The lowest BCUT2D eigenvalue weighted by Crippen LogP contribution is -2.06. The van der Waals surface area contributed by atoms with E-state index in [9.17, 15) is 0 Å². The molecule has 0 saturated heterocycles. The highest BCUT2D eigenvalue weighted by Crippen LogP contribution is 2.31. The molecule has 0 atom stereocenters. The molecule has 0 bridgehead atoms. The molecule has 0 amide bonds. The van der Waals surface area contributed by atoms with Crippen LogP contribution in [0.1, 0.15) is 49.7 Å². The second-order valence-electron chi connectivity index (χ2n) is 3.92. The Bertz CT molecular complexity index is 279. The van der Waals surface area contributed by atoms with Gasteiger partial charge in [0.2, 0.25) is 5.89 Å². The van der Waals surface area contributed by atoms with Gasteiger partial charge in [-0.2, -0.15) is 4.98 Å². The van der Waals surface area contributed by atoms with Crippen molar-refractivity contribution >= 4 is 0 Å². The highest BCUT2D eigenvalue weighted by Gasteiger charge is 2.21. The Balaban J connectivity index is 2.00. The maximum Gasteiger partial charge on any atom is 0.229 e. The molecule has 4 heteroatoms. The molecule has 0 radical (unpaired) electrons. The van der Waals surface area contributed by atoms with Gasteiger partial charge < -0.3 is 10.3 Å². The van der Waals surface area contributed by atoms with Crippen molar-refractivity contribution < 1.29 is 4.52 Å². The minimum Gasteiger partial charge on any atom is -0.339 e. The van der Waals surface area contributed by atoms with E-state index >= 15 is 0 Å². The van der Waals surface area contributed by atoms with Crippen LogP contribution in [0, 0.1) is 0 Å². The molecule has 1 aromatic rings. The van der Waals surface area contributed by atoms with Crippen molar-refractivity contribution in [3.05, 3.63) is 11.7 Å². The summed E-state index contributed by atoms with van der Waals surface area (Å²) in [5.74, 6) is 2.09. The Morgan fingerprint density at radius 1 is 1.29 bits per heavy atom. The number of hydrogen-bond acceptors (Lipinski definition) is 4. The molecule has 1 saturated carbocycles. The maximum atomic E-state index is 5.43. The molecule has 2 rings (SSSR count). The van der Waals surface area contributed by atoms with Gasteiger partial charge in [0.25, 0.3) is 0 Å². The van der Waals surface area contributed by atoms with Gasteiger partial charge >= 0.3 is 0 Å². The molecule has 2 N–H and O–H groups in total. The Morgan fingerprint density at radius 3 is 2.79 bits per heavy atom. The Hall–Kier alpha value is -0.900. The van der Waals surface area contributed by atoms with E-state index in [2.05, 4.69) is 10.1 Å². The third-order valence-electron chi connectivity index (χ3n) is 2.81. The molecule has 0 spiro atoms. The van der Waals surface area contributed by atoms with Crippen molar-refractivity contribution in [3.8, 4) is 0 Å². The third-order valence-corrected chi connectivity index (χ3v) is 2.81. The first-order valence-corrected chi connectivity index (χ1v) is 5.42. The van der Waals surface area contributed by atoms with Crippen molar-refractivity contribution in [2.75, 3.05) is 6.54 Å². The van der Waals surface area contributed by atoms with E-state index in [0.717, 1.165) is 18.1 Å². The average Bonchev–Trinajstić information content (AvgIpc) is 2.68. The summed E-state index contributed by atoms with van der Waals surface area (Å²) < 4.78 is 5.24. The van der Waals surface area contributed by atoms with Gasteiger partial charge in [-0.15, -0.1) is 0 Å². The maximum absolute atomic E-state index is 5.43. The van der Waals surface area contributed by atoms with E-state index in [-0.39, 0.29) is 0 Å². The van der Waals surface area contributed by atoms with E-state index in [1.807, 2.05) is 0 Å². The normalized spacial score (nSPS) is 18.6. The van der Waals surface area contributed by atoms with E-state index in [4.69, 9.17) is 10.3 Å². The second-order valence-corrected chi connectivity index (χ2v) is 3.92. The van der Waals surface area contributed by atoms with Gasteiger partial charge in [-0.1, -0.05) is 24.4 Å². The lowest BCUT2D eigenvalue weighted by atomic mass is 9.89. The summed E-state index contributed by atoms with van der Waals surface area (Å²) in [4.78, 5) is 4.37. The molecule has 4 nitrogen and oxygen atoms in total. The topological polar surface area (TPSA) is 64.9 Å². The molecule has 1 heterocycles. The molecule has 1 aliphatic rings. The average molecular weight is 195 g/mol. The largest absolute Gasteiger partial charge is 0.339 e. The van der Waals surface area contributed by atoms with Crippen molar-refractivity contribution in [1.82, 2.24) is 10.1 Å². The van der Waals surface area contributed by atoms with Crippen LogP contribution in [0.4, 0.5) is 0 Å². The van der Waals surface area contributed by atoms with Crippen LogP contribution >= 0.6 is 0 Å². The first-order chi connectivity index (χ1) is 6.90. The van der Waals surface area contributed by atoms with Crippen molar-refractivity contribution in [2.24, 2.45) is 5.73 Å². The van der Waals surface area contributed by atoms with Gasteiger partial charge in [0.1, 0.15) is 0 Å². The Morgan fingerprint density at radius 2 is 2.07 bits per heavy atom. The number of rotatable bonds is 3. The Labute approximate surface area is 83.9 Å². The predicted octanol–water partition coefficient (Wildman–Crippen LogP) is 1.62. The minimum absolute atomic E-state index is 0.503. The molecule has 0 aromatic carbocycles. The van der Waals surface area contributed by atoms with E-state index < -0.39 is 0 Å². The zero-order valence-electron chi connectivity index (χ0n) is 8.41. The van der Waals surface area contributed by atoms with Crippen LogP contribution in [0.3, 0.4) is 0 Å². The first kappa shape index (κ1) is 9.65. The molecular formula is C10H17N3O. The van der Waals surface area contributed by atoms with Crippen LogP contribution < -0.4 is 5.73 Å². The lowest BCUT2D eigenvalue weighted by Gasteiger charge is -2.17. The molecule has 1 aliphatic carbocycles. The van der Waals surface area contributed by atoms with Crippen molar-refractivity contribution in [2.45, 2.75) is 44.4 Å². The van der Waals surface area contributed by atoms with Gasteiger partial charge in [0.15, 0.2) is 5.82 Å². The van der Waals surface area contributed by atoms with Crippen LogP contribution in [0.15, 0.2) is 4.52 Å². The van der Waals surface area contributed by atoms with Gasteiger partial charge in [-0.3, -0.25) is 0 Å². The van der Waals surface area contributed by atoms with Crippen LogP contribution in [0.25, 0.3) is 0 Å². The molecule has 0 aliphatic heterocycles. The SMILES string of the molecule is NCCc1noc(C2CCCCC2)n1. The third kappa shape index (κ3) is 2.12. The molecule has 1 fully saturated rings. The highest BCUT2D eigenvalue weighted by molar-refractivity contribution is 4.95. The summed E-state index contributed by atoms with van der Waals surface area (Å²) in [7, 11) is 0. The van der Waals surface area contributed by atoms with Gasteiger partial charge in [0, 0.05) is 12.3 Å². The van der Waals surface area contributed by atoms with Gasteiger partial charge in [0.05, 0.1) is 0 Å². The smallest absolute Gasteiger partial charge is 0.229 e. The van der Waals surface area contributed by atoms with E-state index in [1.165, 1.54) is 32.1 Å². The summed E-state index contributed by atoms with van der Waals surface area (Å²) in [5.41, 5.74) is 5.43. The van der Waals surface area contributed by atoms with Crippen LogP contribution in [0.2, 0.25) is 0 Å². The number of nitrogens with two attached hydrogens (primary N) is 1. The molecule has 78 valence electrons. The standard InChI is InChI=1S/C10H17N3O/c11-7-6-9-12-10(14-13-9)8-4-2-1-3-5-8/h8H,1-7,11H2. The van der Waals surface area contributed by atoms with Crippen molar-refractivity contribution in [3.63, 3.8) is 0 Å². The zero-order chi connectivity index (χ0) is 9.80. The first-order valence-electron chi connectivity index (χ1n) is 5.42. The van der Waals surface area contributed by atoms with E-state index in [1.54, 1.807) is 0 Å². The summed E-state index contributed by atoms with van der Waals surface area (Å²) >= 11 is 0. The Kier molecular flexibility index (Phi) is 3.14. The fraction of sp³-hybridized carbons (Fsp3) is 0.800. The summed E-state index contributed by atoms with van der Waals surface area (Å²) in [6, 6.07) is 0. The monoisotopic (exact) mass is 195 g/mol. The predicted molar refractivity (Wildman–Crippen MR) is 52.9 cm³/mol. The van der Waals surface area contributed by atoms with E-state index in [0.29, 0.717) is 12.5 Å². The number of aromatic nitrogens is 2. The van der Waals surface area contributed by atoms with Gasteiger partial charge in [-0.05, 0) is 19.4 Å². The summed E-state index contributed by atoms with van der Waals surface area (Å²) in [5, 5.41) is 3.92. The molecule has 1 aromatic heterocycles. The molecule has 14 heavy (non-hydrogen) atoms. The summed E-state index contributed by atoms with van der Waals surface area (Å²) in [6.45, 7) is 0.587. The quantitative estimate of drug-likeness (QED) is 0.796.